The van der Waals surface area contributed by atoms with E-state index < -0.39 is 6.29 Å². The molecule has 0 saturated carbocycles. The van der Waals surface area contributed by atoms with Crippen LogP contribution in [0.5, 0.6) is 0 Å². The third kappa shape index (κ3) is 11.8. The van der Waals surface area contributed by atoms with Crippen LogP contribution in [0, 0.1) is 12.8 Å². The van der Waals surface area contributed by atoms with E-state index in [-0.39, 0.29) is 0 Å². The third-order valence-corrected chi connectivity index (χ3v) is 1.73. The van der Waals surface area contributed by atoms with Gasteiger partial charge in [-0.1, -0.05) is 13.8 Å². The Labute approximate surface area is 92.5 Å². The zero-order valence-electron chi connectivity index (χ0n) is 9.78. The second-order valence-electron chi connectivity index (χ2n) is 3.68. The van der Waals surface area contributed by atoms with Crippen molar-refractivity contribution in [3.05, 3.63) is 6.92 Å². The minimum atomic E-state index is -0.676. The highest BCUT2D eigenvalue weighted by Crippen LogP contribution is 2.04. The fraction of sp³-hybridized carbons (Fsp3) is 0.909. The lowest BCUT2D eigenvalue weighted by Crippen LogP contribution is -2.18. The molecule has 4 nitrogen and oxygen atoms in total. The summed E-state index contributed by atoms with van der Waals surface area (Å²) in [6, 6.07) is 0. The fourth-order valence-corrected chi connectivity index (χ4v) is 1.04. The smallest absolute Gasteiger partial charge is 0.154 e. The van der Waals surface area contributed by atoms with Gasteiger partial charge in [-0.3, -0.25) is 0 Å². The lowest BCUT2D eigenvalue weighted by atomic mass is 10.1. The van der Waals surface area contributed by atoms with E-state index in [4.69, 9.17) is 14.2 Å². The Balaban J connectivity index is 3.09. The minimum absolute atomic E-state index is 0.415. The van der Waals surface area contributed by atoms with E-state index in [1.165, 1.54) is 0 Å². The largest absolute Gasteiger partial charge is 0.379 e. The summed E-state index contributed by atoms with van der Waals surface area (Å²) in [5, 5.41) is 9.35. The van der Waals surface area contributed by atoms with E-state index in [9.17, 15) is 5.11 Å². The summed E-state index contributed by atoms with van der Waals surface area (Å²) in [5.41, 5.74) is 0. The minimum Gasteiger partial charge on any atom is -0.379 e. The maximum atomic E-state index is 9.35. The van der Waals surface area contributed by atoms with Gasteiger partial charge in [0.05, 0.1) is 26.4 Å². The average molecular weight is 219 g/mol. The Morgan fingerprint density at radius 2 is 1.67 bits per heavy atom. The molecular formula is C11H23O4. The van der Waals surface area contributed by atoms with E-state index in [2.05, 4.69) is 6.92 Å². The molecule has 0 aliphatic heterocycles. The standard InChI is InChI=1S/C11H23O4/c1-4-13-5-6-14-7-8-15-11(12)9-10(2)3/h10-12H,1,4-9H2,2-3H3. The van der Waals surface area contributed by atoms with E-state index in [0.717, 1.165) is 0 Å². The molecule has 0 aliphatic rings. The molecule has 1 N–H and O–H groups in total. The Morgan fingerprint density at radius 3 is 2.27 bits per heavy atom. The maximum Gasteiger partial charge on any atom is 0.154 e. The predicted molar refractivity (Wildman–Crippen MR) is 58.4 cm³/mol. The van der Waals surface area contributed by atoms with Crippen molar-refractivity contribution in [1.82, 2.24) is 0 Å². The van der Waals surface area contributed by atoms with Crippen LogP contribution in [0.1, 0.15) is 20.3 Å². The molecule has 1 unspecified atom stereocenters. The summed E-state index contributed by atoms with van der Waals surface area (Å²) in [7, 11) is 0. The lowest BCUT2D eigenvalue weighted by molar-refractivity contribution is -0.122. The number of aliphatic hydroxyl groups excluding tert-OH is 1. The Hall–Kier alpha value is -0.160. The second-order valence-corrected chi connectivity index (χ2v) is 3.68. The van der Waals surface area contributed by atoms with Crippen LogP contribution in [0.2, 0.25) is 0 Å². The van der Waals surface area contributed by atoms with Gasteiger partial charge in [-0.2, -0.15) is 0 Å². The molecule has 0 aromatic heterocycles. The van der Waals surface area contributed by atoms with Crippen molar-refractivity contribution in [2.45, 2.75) is 26.6 Å². The topological polar surface area (TPSA) is 47.9 Å². The Bertz CT molecular complexity index is 128. The van der Waals surface area contributed by atoms with Crippen LogP contribution < -0.4 is 0 Å². The van der Waals surface area contributed by atoms with Gasteiger partial charge in [-0.15, -0.1) is 0 Å². The first-order chi connectivity index (χ1) is 7.16. The van der Waals surface area contributed by atoms with Crippen molar-refractivity contribution in [3.63, 3.8) is 0 Å². The molecule has 1 radical (unpaired) electrons. The van der Waals surface area contributed by atoms with Crippen molar-refractivity contribution in [2.24, 2.45) is 5.92 Å². The first-order valence-electron chi connectivity index (χ1n) is 5.41. The zero-order chi connectivity index (χ0) is 11.5. The van der Waals surface area contributed by atoms with Gasteiger partial charge in [0.2, 0.25) is 0 Å². The quantitative estimate of drug-likeness (QED) is 0.443. The third-order valence-electron chi connectivity index (χ3n) is 1.73. The summed E-state index contributed by atoms with van der Waals surface area (Å²) in [4.78, 5) is 0. The molecule has 0 aromatic carbocycles. The van der Waals surface area contributed by atoms with Crippen LogP contribution in [-0.4, -0.2) is 44.4 Å². The molecule has 0 saturated heterocycles. The predicted octanol–water partition coefficient (Wildman–Crippen LogP) is 1.23. The van der Waals surface area contributed by atoms with Crippen LogP contribution in [0.3, 0.4) is 0 Å². The highest BCUT2D eigenvalue weighted by molar-refractivity contribution is 4.47. The molecule has 0 aromatic rings. The van der Waals surface area contributed by atoms with Gasteiger partial charge in [0.15, 0.2) is 6.29 Å². The first kappa shape index (κ1) is 14.8. The number of aliphatic hydroxyl groups is 1. The number of hydrogen-bond donors (Lipinski definition) is 1. The Kier molecular flexibility index (Phi) is 10.3. The summed E-state index contributed by atoms with van der Waals surface area (Å²) in [6.07, 6.45) is -0.0189. The number of hydrogen-bond acceptors (Lipinski definition) is 4. The van der Waals surface area contributed by atoms with Gasteiger partial charge in [0.25, 0.3) is 0 Å². The second kappa shape index (κ2) is 10.4. The SMILES string of the molecule is [CH2]COCCOCCOC(O)CC(C)C. The first-order valence-corrected chi connectivity index (χ1v) is 5.41. The summed E-state index contributed by atoms with van der Waals surface area (Å²) >= 11 is 0. The molecule has 0 fully saturated rings. The molecule has 4 heteroatoms. The monoisotopic (exact) mass is 219 g/mol. The molecular weight excluding hydrogens is 196 g/mol. The number of ether oxygens (including phenoxy) is 3. The maximum absolute atomic E-state index is 9.35. The molecule has 15 heavy (non-hydrogen) atoms. The molecule has 0 aliphatic carbocycles. The molecule has 0 spiro atoms. The van der Waals surface area contributed by atoms with E-state index in [1.807, 2.05) is 13.8 Å². The van der Waals surface area contributed by atoms with Gasteiger partial charge >= 0.3 is 0 Å². The molecule has 0 bridgehead atoms. The van der Waals surface area contributed by atoms with Crippen molar-refractivity contribution in [2.75, 3.05) is 33.0 Å². The molecule has 1 atom stereocenters. The lowest BCUT2D eigenvalue weighted by Gasteiger charge is -2.13. The highest BCUT2D eigenvalue weighted by atomic mass is 16.6. The highest BCUT2D eigenvalue weighted by Gasteiger charge is 2.05. The van der Waals surface area contributed by atoms with Crippen LogP contribution in [0.25, 0.3) is 0 Å². The normalized spacial score (nSPS) is 13.4. The molecule has 0 heterocycles. The van der Waals surface area contributed by atoms with Gasteiger partial charge in [-0.05, 0) is 12.8 Å². The average Bonchev–Trinajstić information content (AvgIpc) is 2.15. The zero-order valence-corrected chi connectivity index (χ0v) is 9.78. The van der Waals surface area contributed by atoms with Gasteiger partial charge in [0, 0.05) is 13.0 Å². The Morgan fingerprint density at radius 1 is 1.07 bits per heavy atom. The summed E-state index contributed by atoms with van der Waals surface area (Å²) in [6.45, 7) is 10.1. The molecule has 0 amide bonds. The molecule has 0 rings (SSSR count). The van der Waals surface area contributed by atoms with Crippen molar-refractivity contribution >= 4 is 0 Å². The van der Waals surface area contributed by atoms with Crippen LogP contribution in [0.4, 0.5) is 0 Å². The van der Waals surface area contributed by atoms with E-state index >= 15 is 0 Å². The van der Waals surface area contributed by atoms with Crippen molar-refractivity contribution in [1.29, 1.82) is 0 Å². The van der Waals surface area contributed by atoms with Crippen LogP contribution in [-0.2, 0) is 14.2 Å². The summed E-state index contributed by atoms with van der Waals surface area (Å²) in [5.74, 6) is 0.436. The number of rotatable bonds is 10. The van der Waals surface area contributed by atoms with Gasteiger partial charge < -0.3 is 19.3 Å². The van der Waals surface area contributed by atoms with E-state index in [0.29, 0.717) is 45.4 Å². The molecule has 91 valence electrons. The summed E-state index contributed by atoms with van der Waals surface area (Å²) < 4.78 is 15.3. The van der Waals surface area contributed by atoms with E-state index in [1.54, 1.807) is 0 Å². The van der Waals surface area contributed by atoms with Crippen LogP contribution in [0.15, 0.2) is 0 Å². The fourth-order valence-electron chi connectivity index (χ4n) is 1.04. The van der Waals surface area contributed by atoms with Crippen LogP contribution >= 0.6 is 0 Å². The van der Waals surface area contributed by atoms with Crippen molar-refractivity contribution in [3.8, 4) is 0 Å². The van der Waals surface area contributed by atoms with Gasteiger partial charge in [-0.25, -0.2) is 0 Å². The van der Waals surface area contributed by atoms with Crippen molar-refractivity contribution < 1.29 is 19.3 Å². The van der Waals surface area contributed by atoms with Gasteiger partial charge in [0.1, 0.15) is 0 Å².